The van der Waals surface area contributed by atoms with Crippen LogP contribution < -0.4 is 4.90 Å². The number of halogens is 2. The van der Waals surface area contributed by atoms with E-state index in [2.05, 4.69) is 10.2 Å². The van der Waals surface area contributed by atoms with E-state index in [1.807, 2.05) is 0 Å². The summed E-state index contributed by atoms with van der Waals surface area (Å²) in [6, 6.07) is 7.54. The van der Waals surface area contributed by atoms with Gasteiger partial charge in [-0.3, -0.25) is 4.79 Å². The Morgan fingerprint density at radius 2 is 1.84 bits per heavy atom. The van der Waals surface area contributed by atoms with Crippen LogP contribution in [-0.2, 0) is 0 Å². The van der Waals surface area contributed by atoms with Crippen LogP contribution in [0.4, 0.5) is 5.69 Å². The third kappa shape index (κ3) is 2.94. The minimum atomic E-state index is -0.368. The molecule has 0 aliphatic rings. The number of hydrogen-bond acceptors (Lipinski definition) is 4. The van der Waals surface area contributed by atoms with Gasteiger partial charge in [0, 0.05) is 12.7 Å². The summed E-state index contributed by atoms with van der Waals surface area (Å²) in [6.45, 7) is 0. The number of phenols is 1. The molecule has 0 bridgehead atoms. The number of carbonyl (C=O) groups is 1. The Morgan fingerprint density at radius 3 is 2.47 bits per heavy atom. The molecule has 0 aliphatic carbocycles. The van der Waals surface area contributed by atoms with Crippen LogP contribution in [0.3, 0.4) is 0 Å². The van der Waals surface area contributed by atoms with Gasteiger partial charge in [-0.05, 0) is 30.3 Å². The first-order chi connectivity index (χ1) is 8.99. The van der Waals surface area contributed by atoms with E-state index in [0.29, 0.717) is 5.69 Å². The monoisotopic (exact) mass is 297 g/mol. The second-order valence-corrected chi connectivity index (χ2v) is 4.50. The Hall–Kier alpha value is -1.85. The lowest BCUT2D eigenvalue weighted by Crippen LogP contribution is -2.26. The van der Waals surface area contributed by atoms with Crippen molar-refractivity contribution in [1.82, 2.24) is 10.2 Å². The minimum Gasteiger partial charge on any atom is -0.508 e. The van der Waals surface area contributed by atoms with E-state index in [-0.39, 0.29) is 27.5 Å². The first kappa shape index (κ1) is 13.6. The number of benzene rings is 1. The van der Waals surface area contributed by atoms with Crippen LogP contribution in [0.25, 0.3) is 0 Å². The third-order valence-electron chi connectivity index (χ3n) is 2.49. The lowest BCUT2D eigenvalue weighted by Gasteiger charge is -2.17. The smallest absolute Gasteiger partial charge is 0.261 e. The predicted molar refractivity (Wildman–Crippen MR) is 72.9 cm³/mol. The SMILES string of the molecule is CN(C(=O)c1cc(Cl)nnc1Cl)c1ccc(O)cc1. The zero-order valence-corrected chi connectivity index (χ0v) is 11.4. The van der Waals surface area contributed by atoms with Gasteiger partial charge < -0.3 is 10.0 Å². The number of phenolic OH excluding ortho intramolecular Hbond substituents is 1. The molecule has 0 radical (unpaired) electrons. The zero-order valence-electron chi connectivity index (χ0n) is 9.84. The average Bonchev–Trinajstić information content (AvgIpc) is 2.41. The summed E-state index contributed by atoms with van der Waals surface area (Å²) in [5, 5.41) is 16.4. The van der Waals surface area contributed by atoms with Crippen LogP contribution in [0.5, 0.6) is 5.75 Å². The molecule has 0 saturated carbocycles. The summed E-state index contributed by atoms with van der Waals surface area (Å²) in [4.78, 5) is 13.6. The van der Waals surface area contributed by atoms with Crippen LogP contribution in [0.2, 0.25) is 10.3 Å². The fourth-order valence-electron chi connectivity index (χ4n) is 1.48. The number of anilines is 1. The van der Waals surface area contributed by atoms with Crippen molar-refractivity contribution < 1.29 is 9.90 Å². The highest BCUT2D eigenvalue weighted by atomic mass is 35.5. The van der Waals surface area contributed by atoms with Crippen molar-refractivity contribution in [3.63, 3.8) is 0 Å². The predicted octanol–water partition coefficient (Wildman–Crippen LogP) is 2.77. The maximum Gasteiger partial charge on any atom is 0.261 e. The van der Waals surface area contributed by atoms with Crippen molar-refractivity contribution >= 4 is 34.8 Å². The highest BCUT2D eigenvalue weighted by Crippen LogP contribution is 2.22. The molecule has 1 heterocycles. The topological polar surface area (TPSA) is 66.3 Å². The van der Waals surface area contributed by atoms with E-state index in [1.165, 1.54) is 23.1 Å². The van der Waals surface area contributed by atoms with Crippen molar-refractivity contribution in [2.45, 2.75) is 0 Å². The molecule has 2 rings (SSSR count). The van der Waals surface area contributed by atoms with Crippen molar-refractivity contribution in [1.29, 1.82) is 0 Å². The second-order valence-electron chi connectivity index (χ2n) is 3.75. The Balaban J connectivity index is 2.33. The van der Waals surface area contributed by atoms with E-state index in [9.17, 15) is 9.90 Å². The number of carbonyl (C=O) groups excluding carboxylic acids is 1. The summed E-state index contributed by atoms with van der Waals surface area (Å²) < 4.78 is 0. The number of rotatable bonds is 2. The van der Waals surface area contributed by atoms with E-state index < -0.39 is 0 Å². The van der Waals surface area contributed by atoms with Crippen molar-refractivity contribution in [2.24, 2.45) is 0 Å². The van der Waals surface area contributed by atoms with E-state index in [1.54, 1.807) is 19.2 Å². The molecule has 19 heavy (non-hydrogen) atoms. The molecule has 0 aliphatic heterocycles. The zero-order chi connectivity index (χ0) is 14.0. The van der Waals surface area contributed by atoms with Crippen molar-refractivity contribution in [2.75, 3.05) is 11.9 Å². The summed E-state index contributed by atoms with van der Waals surface area (Å²) in [5.74, 6) is -0.247. The maximum atomic E-state index is 12.3. The second kappa shape index (κ2) is 5.42. The Kier molecular flexibility index (Phi) is 3.87. The third-order valence-corrected chi connectivity index (χ3v) is 2.95. The van der Waals surface area contributed by atoms with Gasteiger partial charge in [0.25, 0.3) is 5.91 Å². The Bertz CT molecular complexity index is 617. The van der Waals surface area contributed by atoms with Gasteiger partial charge in [0.05, 0.1) is 5.56 Å². The normalized spacial score (nSPS) is 10.3. The fourth-order valence-corrected chi connectivity index (χ4v) is 1.80. The molecular formula is C12H9Cl2N3O2. The molecule has 5 nitrogen and oxygen atoms in total. The number of amides is 1. The van der Waals surface area contributed by atoms with Gasteiger partial charge in [-0.2, -0.15) is 0 Å². The Labute approximate surface area is 119 Å². The van der Waals surface area contributed by atoms with Gasteiger partial charge in [-0.15, -0.1) is 10.2 Å². The van der Waals surface area contributed by atoms with Crippen LogP contribution in [0.15, 0.2) is 30.3 Å². The van der Waals surface area contributed by atoms with Gasteiger partial charge in [-0.1, -0.05) is 23.2 Å². The molecular weight excluding hydrogens is 289 g/mol. The summed E-state index contributed by atoms with van der Waals surface area (Å²) >= 11 is 11.5. The highest BCUT2D eigenvalue weighted by Gasteiger charge is 2.18. The van der Waals surface area contributed by atoms with Gasteiger partial charge in [0.2, 0.25) is 0 Å². The van der Waals surface area contributed by atoms with E-state index in [0.717, 1.165) is 0 Å². The fraction of sp³-hybridized carbons (Fsp3) is 0.0833. The number of nitrogens with zero attached hydrogens (tertiary/aromatic N) is 3. The molecule has 2 aromatic rings. The quantitative estimate of drug-likeness (QED) is 0.925. The van der Waals surface area contributed by atoms with Gasteiger partial charge in [0.15, 0.2) is 10.3 Å². The van der Waals surface area contributed by atoms with Crippen LogP contribution in [0, 0.1) is 0 Å². The lowest BCUT2D eigenvalue weighted by atomic mass is 10.2. The number of hydrogen-bond donors (Lipinski definition) is 1. The minimum absolute atomic E-state index is 0.0139. The first-order valence-corrected chi connectivity index (χ1v) is 6.00. The maximum absolute atomic E-state index is 12.3. The van der Waals surface area contributed by atoms with Crippen LogP contribution in [-0.4, -0.2) is 28.3 Å². The van der Waals surface area contributed by atoms with Gasteiger partial charge in [-0.25, -0.2) is 0 Å². The largest absolute Gasteiger partial charge is 0.508 e. The Morgan fingerprint density at radius 1 is 1.21 bits per heavy atom. The molecule has 1 N–H and O–H groups in total. The van der Waals surface area contributed by atoms with Crippen LogP contribution in [0.1, 0.15) is 10.4 Å². The molecule has 1 aromatic heterocycles. The molecule has 98 valence electrons. The molecule has 0 unspecified atom stereocenters. The molecule has 1 aromatic carbocycles. The summed E-state index contributed by atoms with van der Waals surface area (Å²) in [6.07, 6.45) is 0. The number of aromatic hydroxyl groups is 1. The molecule has 0 spiro atoms. The van der Waals surface area contributed by atoms with Gasteiger partial charge >= 0.3 is 0 Å². The molecule has 1 amide bonds. The summed E-state index contributed by atoms with van der Waals surface area (Å²) in [5.41, 5.74) is 0.768. The molecule has 0 atom stereocenters. The van der Waals surface area contributed by atoms with Crippen LogP contribution >= 0.6 is 23.2 Å². The molecule has 0 saturated heterocycles. The summed E-state index contributed by atoms with van der Waals surface area (Å²) in [7, 11) is 1.58. The standard InChI is InChI=1S/C12H9Cl2N3O2/c1-17(7-2-4-8(18)5-3-7)12(19)9-6-10(13)15-16-11(9)14/h2-6,18H,1H3. The van der Waals surface area contributed by atoms with E-state index >= 15 is 0 Å². The van der Waals surface area contributed by atoms with Crippen molar-refractivity contribution in [3.8, 4) is 5.75 Å². The highest BCUT2D eigenvalue weighted by molar-refractivity contribution is 6.34. The van der Waals surface area contributed by atoms with E-state index in [4.69, 9.17) is 23.2 Å². The molecule has 0 fully saturated rings. The molecule has 7 heteroatoms. The van der Waals surface area contributed by atoms with Gasteiger partial charge in [0.1, 0.15) is 5.75 Å². The first-order valence-electron chi connectivity index (χ1n) is 5.25. The van der Waals surface area contributed by atoms with Crippen molar-refractivity contribution in [3.05, 3.63) is 46.2 Å². The number of aromatic nitrogens is 2. The lowest BCUT2D eigenvalue weighted by molar-refractivity contribution is 0.0992. The average molecular weight is 298 g/mol.